The molecule has 3 atom stereocenters. The van der Waals surface area contributed by atoms with Gasteiger partial charge in [-0.3, -0.25) is 0 Å². The monoisotopic (exact) mass is 319 g/mol. The lowest BCUT2D eigenvalue weighted by molar-refractivity contribution is 0.0265. The minimum atomic E-state index is -0.622. The smallest absolute Gasteiger partial charge is 0.410 e. The summed E-state index contributed by atoms with van der Waals surface area (Å²) >= 11 is 5.95. The zero-order valence-corrected chi connectivity index (χ0v) is 13.6. The number of hydrogen-bond acceptors (Lipinski definition) is 3. The summed E-state index contributed by atoms with van der Waals surface area (Å²) in [4.78, 5) is 21.9. The summed E-state index contributed by atoms with van der Waals surface area (Å²) in [6.45, 7) is 14.2. The number of fused-ring (bicyclic) bond motifs is 1. The van der Waals surface area contributed by atoms with Gasteiger partial charge in [-0.05, 0) is 32.9 Å². The Balaban J connectivity index is 1.74. The summed E-state index contributed by atoms with van der Waals surface area (Å²) in [6, 6.07) is 5.37. The number of piperidine rings is 1. The van der Waals surface area contributed by atoms with Gasteiger partial charge in [0.1, 0.15) is 16.4 Å². The van der Waals surface area contributed by atoms with Crippen LogP contribution in [0, 0.1) is 18.4 Å². The number of nitrogens with zero attached hydrogens (tertiary/aromatic N) is 3. The third-order valence-corrected chi connectivity index (χ3v) is 4.51. The minimum absolute atomic E-state index is 0.114. The van der Waals surface area contributed by atoms with E-state index < -0.39 is 11.1 Å². The van der Waals surface area contributed by atoms with E-state index in [1.165, 1.54) is 0 Å². The van der Waals surface area contributed by atoms with E-state index in [9.17, 15) is 4.79 Å². The van der Waals surface area contributed by atoms with E-state index in [1.807, 2.05) is 32.9 Å². The molecule has 2 aliphatic rings. The second-order valence-corrected chi connectivity index (χ2v) is 7.27. The molecule has 0 aromatic carbocycles. The molecule has 116 valence electrons. The number of carbonyl (C=O) groups excluding carboxylic acids is 1. The molecule has 1 saturated heterocycles. The quantitative estimate of drug-likeness (QED) is 0.589. The Morgan fingerprint density at radius 2 is 2.09 bits per heavy atom. The molecule has 0 bridgehead atoms. The molecular formula is C16H18ClN3O2. The van der Waals surface area contributed by atoms with Crippen molar-refractivity contribution in [3.63, 3.8) is 0 Å². The maximum atomic E-state index is 12.1. The Hall–Kier alpha value is -1.80. The van der Waals surface area contributed by atoms with Crippen molar-refractivity contribution in [3.8, 4) is 0 Å². The van der Waals surface area contributed by atoms with Gasteiger partial charge in [-0.25, -0.2) is 16.4 Å². The maximum Gasteiger partial charge on any atom is 0.410 e. The van der Waals surface area contributed by atoms with Crippen LogP contribution >= 0.6 is 11.6 Å². The van der Waals surface area contributed by atoms with Crippen molar-refractivity contribution in [1.29, 1.82) is 0 Å². The highest BCUT2D eigenvalue weighted by Crippen LogP contribution is 2.64. The molecule has 1 aliphatic carbocycles. The van der Waals surface area contributed by atoms with Crippen molar-refractivity contribution >= 4 is 17.7 Å². The number of likely N-dealkylation sites (tertiary alicyclic amines) is 1. The Labute approximate surface area is 135 Å². The first-order valence-electron chi connectivity index (χ1n) is 7.27. The molecule has 0 spiro atoms. The van der Waals surface area contributed by atoms with Gasteiger partial charge in [0.2, 0.25) is 0 Å². The number of rotatable bonds is 1. The lowest BCUT2D eigenvalue weighted by Gasteiger charge is -2.26. The average Bonchev–Trinajstić information content (AvgIpc) is 2.80. The number of aromatic nitrogens is 1. The fourth-order valence-corrected chi connectivity index (χ4v) is 3.48. The van der Waals surface area contributed by atoms with Gasteiger partial charge in [0.05, 0.1) is 11.8 Å². The molecule has 1 unspecified atom stereocenters. The second-order valence-electron chi connectivity index (χ2n) is 6.88. The number of amides is 1. The molecule has 1 aromatic heterocycles. The van der Waals surface area contributed by atoms with Crippen LogP contribution in [0.1, 0.15) is 26.5 Å². The van der Waals surface area contributed by atoms with Crippen molar-refractivity contribution in [1.82, 2.24) is 9.88 Å². The third kappa shape index (κ3) is 2.32. The van der Waals surface area contributed by atoms with Crippen LogP contribution in [0.15, 0.2) is 18.2 Å². The number of carbonyl (C=O) groups is 1. The zero-order chi connectivity index (χ0) is 16.1. The van der Waals surface area contributed by atoms with Crippen LogP contribution in [0.4, 0.5) is 4.79 Å². The van der Waals surface area contributed by atoms with Gasteiger partial charge >= 0.3 is 6.09 Å². The first-order valence-corrected chi connectivity index (χ1v) is 7.65. The van der Waals surface area contributed by atoms with E-state index in [-0.39, 0.29) is 17.9 Å². The molecule has 6 heteroatoms. The Bertz CT molecular complexity index is 650. The van der Waals surface area contributed by atoms with Crippen LogP contribution in [0.25, 0.3) is 4.85 Å². The van der Waals surface area contributed by atoms with Crippen molar-refractivity contribution in [2.45, 2.75) is 31.9 Å². The third-order valence-electron chi connectivity index (χ3n) is 4.30. The fraction of sp³-hybridized carbons (Fsp3) is 0.562. The number of ether oxygens (including phenoxy) is 1. The van der Waals surface area contributed by atoms with Gasteiger partial charge < -0.3 is 14.5 Å². The van der Waals surface area contributed by atoms with E-state index in [4.69, 9.17) is 22.9 Å². The number of pyridine rings is 1. The lowest BCUT2D eigenvalue weighted by atomic mass is 10.1. The van der Waals surface area contributed by atoms with E-state index in [0.29, 0.717) is 23.9 Å². The van der Waals surface area contributed by atoms with E-state index >= 15 is 0 Å². The molecule has 1 amide bonds. The summed E-state index contributed by atoms with van der Waals surface area (Å²) in [5, 5.41) is 0.398. The van der Waals surface area contributed by atoms with Gasteiger partial charge in [0.25, 0.3) is 5.54 Å². The van der Waals surface area contributed by atoms with E-state index in [1.54, 1.807) is 11.0 Å². The Kier molecular flexibility index (Phi) is 3.33. The Morgan fingerprint density at radius 3 is 2.59 bits per heavy atom. The number of hydrogen-bond donors (Lipinski definition) is 0. The molecule has 3 rings (SSSR count). The lowest BCUT2D eigenvalue weighted by Crippen LogP contribution is -2.38. The van der Waals surface area contributed by atoms with Crippen LogP contribution in [-0.4, -0.2) is 34.7 Å². The van der Waals surface area contributed by atoms with Gasteiger partial charge in [-0.15, -0.1) is 0 Å². The van der Waals surface area contributed by atoms with E-state index in [2.05, 4.69) is 9.83 Å². The van der Waals surface area contributed by atoms with Crippen molar-refractivity contribution in [2.75, 3.05) is 13.1 Å². The molecule has 1 aromatic rings. The van der Waals surface area contributed by atoms with E-state index in [0.717, 1.165) is 0 Å². The molecule has 0 radical (unpaired) electrons. The molecule has 5 nitrogen and oxygen atoms in total. The largest absolute Gasteiger partial charge is 0.444 e. The van der Waals surface area contributed by atoms with Crippen molar-refractivity contribution in [2.24, 2.45) is 11.8 Å². The highest BCUT2D eigenvalue weighted by atomic mass is 35.5. The highest BCUT2D eigenvalue weighted by molar-refractivity contribution is 6.29. The van der Waals surface area contributed by atoms with Crippen LogP contribution in [0.2, 0.25) is 5.15 Å². The SMILES string of the molecule is [C-]#[N+]C1(c2cccc(Cl)n2)[C@@H]2CN(C(=O)OC(C)(C)C)C[C@@H]21. The molecule has 22 heavy (non-hydrogen) atoms. The standard InChI is InChI=1S/C16H18ClN3O2/c1-15(2,3)22-14(21)20-8-10-11(9-20)16(10,18-4)12-6-5-7-13(17)19-12/h5-7,10-11H,8-9H2,1-3H3/t10-,11+,16?. The second kappa shape index (κ2) is 4.85. The van der Waals surface area contributed by atoms with Crippen LogP contribution in [0.5, 0.6) is 0 Å². The predicted octanol–water partition coefficient (Wildman–Crippen LogP) is 3.35. The fourth-order valence-electron chi connectivity index (χ4n) is 3.31. The predicted molar refractivity (Wildman–Crippen MR) is 82.3 cm³/mol. The summed E-state index contributed by atoms with van der Waals surface area (Å²) < 4.78 is 5.39. The number of halogens is 1. The van der Waals surface area contributed by atoms with Gasteiger partial charge in [0.15, 0.2) is 0 Å². The summed E-state index contributed by atoms with van der Waals surface area (Å²) in [6.07, 6.45) is -0.308. The average molecular weight is 320 g/mol. The first-order chi connectivity index (χ1) is 10.3. The van der Waals surface area contributed by atoms with Crippen LogP contribution in [0.3, 0.4) is 0 Å². The molecular weight excluding hydrogens is 302 g/mol. The van der Waals surface area contributed by atoms with Gasteiger partial charge in [-0.2, -0.15) is 0 Å². The van der Waals surface area contributed by atoms with Gasteiger partial charge in [0, 0.05) is 13.1 Å². The van der Waals surface area contributed by atoms with Crippen LogP contribution in [-0.2, 0) is 10.3 Å². The summed E-state index contributed by atoms with van der Waals surface area (Å²) in [5.74, 6) is 0.229. The molecule has 1 aliphatic heterocycles. The molecule has 1 saturated carbocycles. The van der Waals surface area contributed by atoms with Crippen molar-refractivity contribution in [3.05, 3.63) is 40.5 Å². The summed E-state index contributed by atoms with van der Waals surface area (Å²) in [7, 11) is 0. The van der Waals surface area contributed by atoms with Crippen molar-refractivity contribution < 1.29 is 9.53 Å². The highest BCUT2D eigenvalue weighted by Gasteiger charge is 2.78. The Morgan fingerprint density at radius 1 is 1.45 bits per heavy atom. The molecule has 2 fully saturated rings. The normalized spacial score (nSPS) is 29.7. The topological polar surface area (TPSA) is 46.8 Å². The zero-order valence-electron chi connectivity index (χ0n) is 12.8. The van der Waals surface area contributed by atoms with Gasteiger partial charge in [-0.1, -0.05) is 17.7 Å². The maximum absolute atomic E-state index is 12.1. The first kappa shape index (κ1) is 15.1. The molecule has 0 N–H and O–H groups in total. The van der Waals surface area contributed by atoms with Crippen LogP contribution < -0.4 is 0 Å². The summed E-state index contributed by atoms with van der Waals surface area (Å²) in [5.41, 5.74) is -0.410. The molecule has 2 heterocycles. The minimum Gasteiger partial charge on any atom is -0.444 e.